The number of aromatic nitrogens is 1. The predicted molar refractivity (Wildman–Crippen MR) is 80.0 cm³/mol. The van der Waals surface area contributed by atoms with Crippen molar-refractivity contribution in [3.05, 3.63) is 16.7 Å². The second-order valence-electron chi connectivity index (χ2n) is 3.99. The lowest BCUT2D eigenvalue weighted by molar-refractivity contribution is -0.121. The van der Waals surface area contributed by atoms with Gasteiger partial charge >= 0.3 is 0 Å². The van der Waals surface area contributed by atoms with E-state index in [0.29, 0.717) is 11.0 Å². The van der Waals surface area contributed by atoms with E-state index in [-0.39, 0.29) is 10.7 Å². The van der Waals surface area contributed by atoms with Crippen molar-refractivity contribution in [2.75, 3.05) is 18.9 Å². The number of pyridine rings is 1. The molecule has 3 N–H and O–H groups in total. The van der Waals surface area contributed by atoms with Gasteiger partial charge in [-0.2, -0.15) is 4.72 Å². The molecule has 9 heteroatoms. The van der Waals surface area contributed by atoms with Gasteiger partial charge in [0.1, 0.15) is 10.7 Å². The van der Waals surface area contributed by atoms with Crippen LogP contribution < -0.4 is 15.4 Å². The molecule has 1 unspecified atom stereocenters. The first-order valence-electron chi connectivity index (χ1n) is 5.95. The van der Waals surface area contributed by atoms with Crippen LogP contribution in [0.5, 0.6) is 0 Å². The van der Waals surface area contributed by atoms with Crippen molar-refractivity contribution >= 4 is 37.7 Å². The van der Waals surface area contributed by atoms with Crippen LogP contribution in [-0.4, -0.2) is 38.9 Å². The van der Waals surface area contributed by atoms with Crippen LogP contribution in [-0.2, 0) is 14.8 Å². The van der Waals surface area contributed by atoms with Gasteiger partial charge < -0.3 is 10.6 Å². The van der Waals surface area contributed by atoms with Crippen molar-refractivity contribution in [2.24, 2.45) is 0 Å². The molecule has 1 aromatic heterocycles. The number of hydrogen-bond donors (Lipinski definition) is 3. The van der Waals surface area contributed by atoms with E-state index in [9.17, 15) is 13.2 Å². The summed E-state index contributed by atoms with van der Waals surface area (Å²) in [6.45, 7) is 3.83. The quantitative estimate of drug-likeness (QED) is 0.689. The maximum Gasteiger partial charge on any atom is 0.244 e. The smallest absolute Gasteiger partial charge is 0.244 e. The van der Waals surface area contributed by atoms with E-state index in [4.69, 9.17) is 0 Å². The van der Waals surface area contributed by atoms with Gasteiger partial charge in [-0.05, 0) is 35.8 Å². The summed E-state index contributed by atoms with van der Waals surface area (Å²) in [6.07, 6.45) is 1.50. The van der Waals surface area contributed by atoms with Crippen LogP contribution in [0.4, 0.5) is 5.82 Å². The lowest BCUT2D eigenvalue weighted by Gasteiger charge is -2.15. The first-order chi connectivity index (χ1) is 9.31. The maximum atomic E-state index is 12.3. The average Bonchev–Trinajstić information content (AvgIpc) is 2.39. The summed E-state index contributed by atoms with van der Waals surface area (Å²) in [5.41, 5.74) is 0. The monoisotopic (exact) mass is 364 g/mol. The van der Waals surface area contributed by atoms with E-state index < -0.39 is 22.0 Å². The molecule has 1 aromatic rings. The summed E-state index contributed by atoms with van der Waals surface area (Å²) in [6, 6.07) is 0.558. The fraction of sp³-hybridized carbons (Fsp3) is 0.455. The van der Waals surface area contributed by atoms with Crippen LogP contribution in [0.1, 0.15) is 13.8 Å². The Bertz CT molecular complexity index is 591. The van der Waals surface area contributed by atoms with E-state index in [1.165, 1.54) is 26.2 Å². The third-order valence-corrected chi connectivity index (χ3v) is 4.41. The highest BCUT2D eigenvalue weighted by molar-refractivity contribution is 9.10. The zero-order valence-corrected chi connectivity index (χ0v) is 13.8. The molecule has 1 heterocycles. The molecule has 0 fully saturated rings. The van der Waals surface area contributed by atoms with E-state index in [1.54, 1.807) is 0 Å². The van der Waals surface area contributed by atoms with Crippen LogP contribution in [0.3, 0.4) is 0 Å². The minimum atomic E-state index is -3.86. The highest BCUT2D eigenvalue weighted by Gasteiger charge is 2.24. The Morgan fingerprint density at radius 3 is 2.70 bits per heavy atom. The van der Waals surface area contributed by atoms with Crippen LogP contribution in [0, 0.1) is 0 Å². The molecule has 1 atom stereocenters. The maximum absolute atomic E-state index is 12.3. The average molecular weight is 365 g/mol. The van der Waals surface area contributed by atoms with Crippen molar-refractivity contribution in [3.8, 4) is 0 Å². The van der Waals surface area contributed by atoms with Gasteiger partial charge in [0.2, 0.25) is 15.9 Å². The topological polar surface area (TPSA) is 100 Å². The minimum absolute atomic E-state index is 0.00974. The second-order valence-corrected chi connectivity index (χ2v) is 6.59. The van der Waals surface area contributed by atoms with Gasteiger partial charge in [-0.1, -0.05) is 0 Å². The van der Waals surface area contributed by atoms with E-state index in [0.717, 1.165) is 0 Å². The first kappa shape index (κ1) is 16.9. The Morgan fingerprint density at radius 1 is 1.50 bits per heavy atom. The highest BCUT2D eigenvalue weighted by atomic mass is 79.9. The summed E-state index contributed by atoms with van der Waals surface area (Å²) in [4.78, 5) is 15.4. The van der Waals surface area contributed by atoms with Crippen molar-refractivity contribution in [2.45, 2.75) is 24.8 Å². The molecule has 112 valence electrons. The van der Waals surface area contributed by atoms with Gasteiger partial charge in [0, 0.05) is 24.3 Å². The Labute approximate surface area is 126 Å². The van der Waals surface area contributed by atoms with E-state index >= 15 is 0 Å². The number of carbonyl (C=O) groups is 1. The normalized spacial score (nSPS) is 12.8. The number of sulfonamides is 1. The fourth-order valence-electron chi connectivity index (χ4n) is 1.49. The molecule has 0 radical (unpaired) electrons. The Kier molecular flexibility index (Phi) is 5.90. The third-order valence-electron chi connectivity index (χ3n) is 2.42. The van der Waals surface area contributed by atoms with Gasteiger partial charge in [-0.3, -0.25) is 4.79 Å². The van der Waals surface area contributed by atoms with Crippen molar-refractivity contribution < 1.29 is 13.2 Å². The van der Waals surface area contributed by atoms with E-state index in [1.807, 2.05) is 6.92 Å². The number of hydrogen-bond acceptors (Lipinski definition) is 5. The van der Waals surface area contributed by atoms with Gasteiger partial charge in [0.15, 0.2) is 0 Å². The van der Waals surface area contributed by atoms with Crippen molar-refractivity contribution in [1.29, 1.82) is 0 Å². The van der Waals surface area contributed by atoms with Crippen molar-refractivity contribution in [3.63, 3.8) is 0 Å². The largest absolute Gasteiger partial charge is 0.369 e. The number of halogens is 1. The molecule has 7 nitrogen and oxygen atoms in total. The molecule has 1 rings (SSSR count). The summed E-state index contributed by atoms with van der Waals surface area (Å²) in [5.74, 6) is -0.172. The SMILES string of the molecule is CCNc1ncc(Br)cc1S(=O)(=O)NC(C)C(=O)NC. The Morgan fingerprint density at radius 2 is 2.15 bits per heavy atom. The molecule has 0 saturated carbocycles. The predicted octanol–water partition coefficient (Wildman–Crippen LogP) is 0.689. The summed E-state index contributed by atoms with van der Waals surface area (Å²) in [5, 5.41) is 5.26. The molecule has 0 aromatic carbocycles. The second kappa shape index (κ2) is 7.00. The van der Waals surface area contributed by atoms with Gasteiger partial charge in [-0.15, -0.1) is 0 Å². The molecular formula is C11H17BrN4O3S. The fourth-order valence-corrected chi connectivity index (χ4v) is 3.34. The molecule has 0 aliphatic heterocycles. The zero-order chi connectivity index (χ0) is 15.3. The number of nitrogens with zero attached hydrogens (tertiary/aromatic N) is 1. The summed E-state index contributed by atoms with van der Waals surface area (Å²) in [7, 11) is -2.41. The van der Waals surface area contributed by atoms with Crippen LogP contribution in [0.25, 0.3) is 0 Å². The lowest BCUT2D eigenvalue weighted by Crippen LogP contribution is -2.43. The van der Waals surface area contributed by atoms with Gasteiger partial charge in [0.05, 0.1) is 6.04 Å². The Hall–Kier alpha value is -1.19. The standard InChI is InChI=1S/C11H17BrN4O3S/c1-4-14-10-9(5-8(12)6-15-10)20(18,19)16-7(2)11(17)13-3/h5-7,16H,4H2,1-3H3,(H,13,17)(H,14,15). The number of likely N-dealkylation sites (N-methyl/N-ethyl adjacent to an activating group) is 1. The number of rotatable bonds is 6. The van der Waals surface area contributed by atoms with Gasteiger partial charge in [-0.25, -0.2) is 13.4 Å². The summed E-state index contributed by atoms with van der Waals surface area (Å²) < 4.78 is 27.5. The third kappa shape index (κ3) is 4.15. The van der Waals surface area contributed by atoms with Crippen LogP contribution in [0.2, 0.25) is 0 Å². The molecule has 20 heavy (non-hydrogen) atoms. The molecular weight excluding hydrogens is 348 g/mol. The summed E-state index contributed by atoms with van der Waals surface area (Å²) >= 11 is 3.19. The lowest BCUT2D eigenvalue weighted by atomic mass is 10.3. The molecule has 0 aliphatic rings. The number of nitrogens with one attached hydrogen (secondary N) is 3. The minimum Gasteiger partial charge on any atom is -0.369 e. The molecule has 0 spiro atoms. The molecule has 1 amide bonds. The van der Waals surface area contributed by atoms with E-state index in [2.05, 4.69) is 36.3 Å². The van der Waals surface area contributed by atoms with Crippen LogP contribution >= 0.6 is 15.9 Å². The molecule has 0 aliphatic carbocycles. The number of amides is 1. The Balaban J connectivity index is 3.14. The van der Waals surface area contributed by atoms with Crippen LogP contribution in [0.15, 0.2) is 21.6 Å². The first-order valence-corrected chi connectivity index (χ1v) is 8.22. The zero-order valence-electron chi connectivity index (χ0n) is 11.4. The number of carbonyl (C=O) groups excluding carboxylic acids is 1. The van der Waals surface area contributed by atoms with Crippen molar-refractivity contribution in [1.82, 2.24) is 15.0 Å². The number of anilines is 1. The van der Waals surface area contributed by atoms with Gasteiger partial charge in [0.25, 0.3) is 0 Å². The highest BCUT2D eigenvalue weighted by Crippen LogP contribution is 2.22. The molecule has 0 bridgehead atoms. The molecule has 0 saturated heterocycles.